The van der Waals surface area contributed by atoms with Crippen LogP contribution in [0, 0.1) is 5.92 Å². The summed E-state index contributed by atoms with van der Waals surface area (Å²) < 4.78 is 29.0. The second-order valence-corrected chi connectivity index (χ2v) is 10.6. The maximum Gasteiger partial charge on any atom is 0.369 e. The molecule has 2 atom stereocenters. The highest BCUT2D eigenvalue weighted by Crippen LogP contribution is 2.70. The molecule has 2 rings (SSSR count). The van der Waals surface area contributed by atoms with E-state index < -0.39 is 38.2 Å². The lowest BCUT2D eigenvalue weighted by Gasteiger charge is -2.37. The van der Waals surface area contributed by atoms with Crippen molar-refractivity contribution in [1.82, 2.24) is 0 Å². The zero-order valence-corrected chi connectivity index (χ0v) is 16.4. The van der Waals surface area contributed by atoms with E-state index >= 15 is 0 Å². The Kier molecular flexibility index (Phi) is 6.49. The molecule has 5 N–H and O–H groups in total. The number of benzene rings is 1. The van der Waals surface area contributed by atoms with Crippen LogP contribution < -0.4 is 4.74 Å². The van der Waals surface area contributed by atoms with Crippen LogP contribution in [0.4, 0.5) is 0 Å². The summed E-state index contributed by atoms with van der Waals surface area (Å²) in [4.78, 5) is 42.0. The summed E-state index contributed by atoms with van der Waals surface area (Å²) in [6.45, 7) is 1.76. The van der Waals surface area contributed by atoms with Gasteiger partial charge in [0.05, 0.1) is 12.1 Å². The minimum Gasteiger partial charge on any atom is -0.494 e. The second kappa shape index (κ2) is 7.97. The Balaban J connectivity index is 2.25. The highest BCUT2D eigenvalue weighted by atomic mass is 31.2. The number of allylic oxidation sites excluding steroid dienone is 1. The van der Waals surface area contributed by atoms with E-state index in [2.05, 4.69) is 4.99 Å². The fourth-order valence-electron chi connectivity index (χ4n) is 2.90. The molecule has 1 aromatic rings. The zero-order valence-electron chi connectivity index (χ0n) is 14.6. The van der Waals surface area contributed by atoms with Crippen LogP contribution in [0.2, 0.25) is 0 Å². The van der Waals surface area contributed by atoms with Gasteiger partial charge in [-0.2, -0.15) is 0 Å². The van der Waals surface area contributed by atoms with Gasteiger partial charge in [0.25, 0.3) is 5.08 Å². The molecule has 0 spiro atoms. The van der Waals surface area contributed by atoms with E-state index in [1.807, 2.05) is 6.07 Å². The smallest absolute Gasteiger partial charge is 0.369 e. The average Bonchev–Trinajstić information content (AvgIpc) is 3.00. The number of aliphatic hydroxyl groups is 1. The molecule has 1 aromatic carbocycles. The molecular formula is C16H23NO8P2. The molecule has 2 unspecified atom stereocenters. The Labute approximate surface area is 156 Å². The summed E-state index contributed by atoms with van der Waals surface area (Å²) in [5.41, 5.74) is -0.988. The molecule has 0 saturated carbocycles. The number of hydrogen-bond acceptors (Lipinski definition) is 5. The first-order valence-electron chi connectivity index (χ1n) is 8.14. The van der Waals surface area contributed by atoms with E-state index in [1.54, 1.807) is 43.3 Å². The lowest BCUT2D eigenvalue weighted by Crippen LogP contribution is -2.39. The largest absolute Gasteiger partial charge is 0.494 e. The van der Waals surface area contributed by atoms with Crippen LogP contribution in [0.1, 0.15) is 19.8 Å². The molecule has 9 nitrogen and oxygen atoms in total. The normalized spacial score (nSPS) is 21.4. The third-order valence-corrected chi connectivity index (χ3v) is 8.42. The van der Waals surface area contributed by atoms with Gasteiger partial charge in [0.2, 0.25) is 0 Å². The number of para-hydroxylation sites is 1. The van der Waals surface area contributed by atoms with Crippen molar-refractivity contribution >= 4 is 21.4 Å². The number of hydrogen-bond donors (Lipinski definition) is 5. The number of nitrogens with zero attached hydrogens (tertiary/aromatic N) is 1. The third-order valence-electron chi connectivity index (χ3n) is 4.63. The number of aliphatic imine (C=N–C) groups is 1. The van der Waals surface area contributed by atoms with Crippen molar-refractivity contribution in [3.05, 3.63) is 42.5 Å². The predicted octanol–water partition coefficient (Wildman–Crippen LogP) is 1.86. The molecule has 150 valence electrons. The molecule has 0 radical (unpaired) electrons. The summed E-state index contributed by atoms with van der Waals surface area (Å²) in [6, 6.07) is 8.82. The fraction of sp³-hybridized carbons (Fsp3) is 0.438. The monoisotopic (exact) mass is 419 g/mol. The molecule has 0 amide bonds. The van der Waals surface area contributed by atoms with E-state index in [4.69, 9.17) is 4.74 Å². The Morgan fingerprint density at radius 1 is 1.15 bits per heavy atom. The van der Waals surface area contributed by atoms with Crippen molar-refractivity contribution in [2.24, 2.45) is 10.9 Å². The van der Waals surface area contributed by atoms with Gasteiger partial charge in [0, 0.05) is 12.6 Å². The molecule has 1 aliphatic heterocycles. The van der Waals surface area contributed by atoms with Gasteiger partial charge in [-0.15, -0.1) is 0 Å². The fourth-order valence-corrected chi connectivity index (χ4v) is 5.17. The van der Waals surface area contributed by atoms with E-state index in [0.29, 0.717) is 5.75 Å². The molecule has 0 bridgehead atoms. The lowest BCUT2D eigenvalue weighted by molar-refractivity contribution is 0.0896. The van der Waals surface area contributed by atoms with E-state index in [1.165, 1.54) is 6.21 Å². The van der Waals surface area contributed by atoms with Crippen LogP contribution in [0.3, 0.4) is 0 Å². The summed E-state index contributed by atoms with van der Waals surface area (Å²) in [5.74, 6) is -0.228. The molecule has 1 aliphatic rings. The zero-order chi connectivity index (χ0) is 20.3. The van der Waals surface area contributed by atoms with Crippen LogP contribution >= 0.6 is 15.2 Å². The highest BCUT2D eigenvalue weighted by molar-refractivity contribution is 7.72. The van der Waals surface area contributed by atoms with Crippen molar-refractivity contribution in [3.63, 3.8) is 0 Å². The molecule has 27 heavy (non-hydrogen) atoms. The molecule has 0 aliphatic carbocycles. The standard InChI is InChI=1S/C16H23NO8P2/c1-15(9-5-10-17-15)13(8-11-25-14-6-3-2-4-7-14)12-16(18,26(19,20)21)27(22,23)24/h2-7,9-10,13,18H,8,11-12H2,1H3,(H2,19,20,21)(H2,22,23,24). The first-order valence-corrected chi connectivity index (χ1v) is 11.4. The SMILES string of the molecule is CC1(C(CCOc2ccccc2)CC(O)(P(=O)(O)O)P(=O)(O)O)C=CC=N1. The van der Waals surface area contributed by atoms with Gasteiger partial charge in [-0.05, 0) is 37.5 Å². The number of rotatable bonds is 9. The minimum absolute atomic E-state index is 0.103. The summed E-state index contributed by atoms with van der Waals surface area (Å²) in [5, 5.41) is 6.81. The lowest BCUT2D eigenvalue weighted by atomic mass is 9.82. The molecular weight excluding hydrogens is 396 g/mol. The molecule has 0 saturated heterocycles. The number of ether oxygens (including phenoxy) is 1. The highest BCUT2D eigenvalue weighted by Gasteiger charge is 2.61. The quantitative estimate of drug-likeness (QED) is 0.380. The Bertz CT molecular complexity index is 764. The topological polar surface area (TPSA) is 157 Å². The summed E-state index contributed by atoms with van der Waals surface area (Å²) >= 11 is 0. The Hall–Kier alpha value is -1.31. The predicted molar refractivity (Wildman–Crippen MR) is 99.7 cm³/mol. The van der Waals surface area contributed by atoms with Crippen molar-refractivity contribution in [2.75, 3.05) is 6.61 Å². The van der Waals surface area contributed by atoms with E-state index in [9.17, 15) is 33.8 Å². The average molecular weight is 419 g/mol. The summed E-state index contributed by atoms with van der Waals surface area (Å²) in [6.07, 6.45) is 4.06. The molecule has 1 heterocycles. The van der Waals surface area contributed by atoms with Gasteiger partial charge in [0.15, 0.2) is 0 Å². The van der Waals surface area contributed by atoms with Crippen LogP contribution in [0.25, 0.3) is 0 Å². The van der Waals surface area contributed by atoms with Crippen molar-refractivity contribution in [1.29, 1.82) is 0 Å². The Morgan fingerprint density at radius 3 is 2.22 bits per heavy atom. The molecule has 11 heteroatoms. The maximum absolute atomic E-state index is 11.7. The Morgan fingerprint density at radius 2 is 1.74 bits per heavy atom. The van der Waals surface area contributed by atoms with Gasteiger partial charge in [-0.3, -0.25) is 14.1 Å². The van der Waals surface area contributed by atoms with Crippen LogP contribution in [0.15, 0.2) is 47.5 Å². The van der Waals surface area contributed by atoms with Gasteiger partial charge >= 0.3 is 15.2 Å². The summed E-state index contributed by atoms with van der Waals surface area (Å²) in [7, 11) is -11.1. The van der Waals surface area contributed by atoms with E-state index in [-0.39, 0.29) is 13.0 Å². The maximum atomic E-state index is 11.7. The first-order chi connectivity index (χ1) is 12.4. The second-order valence-electron chi connectivity index (χ2n) is 6.58. The molecule has 0 aromatic heterocycles. The molecule has 0 fully saturated rings. The van der Waals surface area contributed by atoms with Gasteiger partial charge in [-0.1, -0.05) is 24.3 Å². The van der Waals surface area contributed by atoms with Crippen molar-refractivity contribution in [2.45, 2.75) is 30.4 Å². The minimum atomic E-state index is -5.55. The first kappa shape index (κ1) is 22.0. The van der Waals surface area contributed by atoms with Crippen molar-refractivity contribution < 1.29 is 38.5 Å². The van der Waals surface area contributed by atoms with Gasteiger partial charge in [0.1, 0.15) is 5.75 Å². The third kappa shape index (κ3) is 4.95. The van der Waals surface area contributed by atoms with Crippen molar-refractivity contribution in [3.8, 4) is 5.75 Å². The van der Waals surface area contributed by atoms with Crippen LogP contribution in [-0.4, -0.2) is 48.1 Å². The van der Waals surface area contributed by atoms with E-state index in [0.717, 1.165) is 0 Å². The van der Waals surface area contributed by atoms with Gasteiger partial charge in [-0.25, -0.2) is 0 Å². The van der Waals surface area contributed by atoms with Gasteiger partial charge < -0.3 is 29.4 Å². The van der Waals surface area contributed by atoms with Crippen LogP contribution in [-0.2, 0) is 9.13 Å². The van der Waals surface area contributed by atoms with Crippen LogP contribution in [0.5, 0.6) is 5.75 Å².